The highest BCUT2D eigenvalue weighted by molar-refractivity contribution is 5.75. The van der Waals surface area contributed by atoms with Gasteiger partial charge >= 0.3 is 5.97 Å². The Kier molecular flexibility index (Phi) is 6.42. The molecule has 1 fully saturated rings. The molecule has 0 spiro atoms. The first-order valence-electron chi connectivity index (χ1n) is 7.40. The molecule has 6 nitrogen and oxygen atoms in total. The van der Waals surface area contributed by atoms with Crippen molar-refractivity contribution in [3.05, 3.63) is 0 Å². The number of rotatable bonds is 7. The number of hydrogen-bond acceptors (Lipinski definition) is 4. The Balaban J connectivity index is 2.76. The van der Waals surface area contributed by atoms with E-state index in [1.807, 2.05) is 0 Å². The summed E-state index contributed by atoms with van der Waals surface area (Å²) in [7, 11) is 0. The highest BCUT2D eigenvalue weighted by Gasteiger charge is 2.40. The molecule has 0 radical (unpaired) electrons. The average Bonchev–Trinajstić information content (AvgIpc) is 2.76. The van der Waals surface area contributed by atoms with Gasteiger partial charge in [0.25, 0.3) is 0 Å². The van der Waals surface area contributed by atoms with E-state index in [4.69, 9.17) is 10.8 Å². The molecular weight excluding hydrogens is 258 g/mol. The van der Waals surface area contributed by atoms with Crippen LogP contribution in [0.5, 0.6) is 0 Å². The van der Waals surface area contributed by atoms with Gasteiger partial charge in [0.15, 0.2) is 0 Å². The SMILES string of the molecule is CCC(CC)CC(NC(C)=O)C1N[C@H](C(=O)O)CC1N. The Bertz CT molecular complexity index is 345. The second kappa shape index (κ2) is 7.59. The maximum atomic E-state index is 11.4. The van der Waals surface area contributed by atoms with E-state index in [2.05, 4.69) is 24.5 Å². The number of carboxylic acid groups (broad SMARTS) is 1. The summed E-state index contributed by atoms with van der Waals surface area (Å²) >= 11 is 0. The number of nitrogens with two attached hydrogens (primary N) is 1. The summed E-state index contributed by atoms with van der Waals surface area (Å²) in [5.41, 5.74) is 6.07. The summed E-state index contributed by atoms with van der Waals surface area (Å²) < 4.78 is 0. The predicted molar refractivity (Wildman–Crippen MR) is 77.2 cm³/mol. The lowest BCUT2D eigenvalue weighted by Gasteiger charge is -2.30. The van der Waals surface area contributed by atoms with Crippen molar-refractivity contribution in [2.75, 3.05) is 0 Å². The van der Waals surface area contributed by atoms with Crippen LogP contribution >= 0.6 is 0 Å². The van der Waals surface area contributed by atoms with Gasteiger partial charge in [-0.1, -0.05) is 26.7 Å². The van der Waals surface area contributed by atoms with E-state index in [1.54, 1.807) is 0 Å². The minimum absolute atomic E-state index is 0.103. The van der Waals surface area contributed by atoms with Crippen molar-refractivity contribution in [1.82, 2.24) is 10.6 Å². The first kappa shape index (κ1) is 16.9. The van der Waals surface area contributed by atoms with Gasteiger partial charge in [-0.2, -0.15) is 0 Å². The van der Waals surface area contributed by atoms with Crippen molar-refractivity contribution in [3.8, 4) is 0 Å². The molecule has 0 saturated carbocycles. The van der Waals surface area contributed by atoms with Gasteiger partial charge in [-0.05, 0) is 18.8 Å². The molecule has 0 aromatic rings. The van der Waals surface area contributed by atoms with Crippen LogP contribution in [0.15, 0.2) is 0 Å². The van der Waals surface area contributed by atoms with E-state index in [0.717, 1.165) is 19.3 Å². The second-order valence-corrected chi connectivity index (χ2v) is 5.71. The van der Waals surface area contributed by atoms with Crippen molar-refractivity contribution >= 4 is 11.9 Å². The molecule has 0 aromatic heterocycles. The van der Waals surface area contributed by atoms with Gasteiger partial charge in [-0.3, -0.25) is 14.9 Å². The normalized spacial score (nSPS) is 27.6. The fraction of sp³-hybridized carbons (Fsp3) is 0.857. The van der Waals surface area contributed by atoms with Crippen LogP contribution in [0.1, 0.15) is 46.5 Å². The number of carbonyl (C=O) groups is 2. The zero-order chi connectivity index (χ0) is 15.3. The lowest BCUT2D eigenvalue weighted by molar-refractivity contribution is -0.139. The number of hydrogen-bond donors (Lipinski definition) is 4. The molecule has 6 heteroatoms. The lowest BCUT2D eigenvalue weighted by atomic mass is 9.89. The monoisotopic (exact) mass is 285 g/mol. The Morgan fingerprint density at radius 3 is 2.40 bits per heavy atom. The maximum Gasteiger partial charge on any atom is 0.320 e. The molecule has 1 aliphatic heterocycles. The molecule has 1 heterocycles. The van der Waals surface area contributed by atoms with Gasteiger partial charge in [0.1, 0.15) is 6.04 Å². The Hall–Kier alpha value is -1.14. The van der Waals surface area contributed by atoms with Crippen molar-refractivity contribution in [3.63, 3.8) is 0 Å². The number of aliphatic carboxylic acids is 1. The molecular formula is C14H27N3O3. The van der Waals surface area contributed by atoms with E-state index in [1.165, 1.54) is 6.92 Å². The third-order valence-corrected chi connectivity index (χ3v) is 4.22. The van der Waals surface area contributed by atoms with Crippen LogP contribution in [0.3, 0.4) is 0 Å². The van der Waals surface area contributed by atoms with Crippen LogP contribution in [0, 0.1) is 5.92 Å². The van der Waals surface area contributed by atoms with E-state index in [0.29, 0.717) is 12.3 Å². The largest absolute Gasteiger partial charge is 0.480 e. The highest BCUT2D eigenvalue weighted by atomic mass is 16.4. The van der Waals surface area contributed by atoms with Crippen molar-refractivity contribution in [1.29, 1.82) is 0 Å². The van der Waals surface area contributed by atoms with Gasteiger partial charge in [0.05, 0.1) is 0 Å². The quantitative estimate of drug-likeness (QED) is 0.544. The first-order chi connectivity index (χ1) is 9.38. The van der Waals surface area contributed by atoms with E-state index in [-0.39, 0.29) is 24.0 Å². The van der Waals surface area contributed by atoms with Crippen molar-refractivity contribution in [2.45, 2.75) is 70.6 Å². The maximum absolute atomic E-state index is 11.4. The van der Waals surface area contributed by atoms with Gasteiger partial charge < -0.3 is 16.2 Å². The van der Waals surface area contributed by atoms with Crippen LogP contribution < -0.4 is 16.4 Å². The van der Waals surface area contributed by atoms with Crippen molar-refractivity contribution < 1.29 is 14.7 Å². The Labute approximate surface area is 120 Å². The van der Waals surface area contributed by atoms with E-state index < -0.39 is 12.0 Å². The number of amides is 1. The highest BCUT2D eigenvalue weighted by Crippen LogP contribution is 2.22. The third kappa shape index (κ3) is 4.45. The lowest BCUT2D eigenvalue weighted by Crippen LogP contribution is -2.55. The fourth-order valence-electron chi connectivity index (χ4n) is 2.97. The molecule has 20 heavy (non-hydrogen) atoms. The van der Waals surface area contributed by atoms with E-state index in [9.17, 15) is 9.59 Å². The molecule has 0 aliphatic carbocycles. The number of carbonyl (C=O) groups excluding carboxylic acids is 1. The van der Waals surface area contributed by atoms with E-state index >= 15 is 0 Å². The number of carboxylic acids is 1. The smallest absolute Gasteiger partial charge is 0.320 e. The van der Waals surface area contributed by atoms with Gasteiger partial charge in [0.2, 0.25) is 5.91 Å². The molecule has 0 aromatic carbocycles. The minimum atomic E-state index is -0.882. The summed E-state index contributed by atoms with van der Waals surface area (Å²) in [6.07, 6.45) is 3.30. The molecule has 0 bridgehead atoms. The summed E-state index contributed by atoms with van der Waals surface area (Å²) in [6, 6.07) is -1.16. The van der Waals surface area contributed by atoms with Crippen LogP contribution in [0.25, 0.3) is 0 Å². The second-order valence-electron chi connectivity index (χ2n) is 5.71. The molecule has 1 saturated heterocycles. The molecule has 116 valence electrons. The average molecular weight is 285 g/mol. The standard InChI is InChI=1S/C14H27N3O3/c1-4-9(5-2)6-11(16-8(3)18)13-10(15)7-12(17-13)14(19)20/h9-13,17H,4-7,15H2,1-3H3,(H,16,18)(H,19,20)/t10?,11?,12-,13?/m0/s1. The van der Waals surface area contributed by atoms with Crippen LogP contribution in [0.2, 0.25) is 0 Å². The Morgan fingerprint density at radius 2 is 2.00 bits per heavy atom. The molecule has 1 rings (SSSR count). The van der Waals surface area contributed by atoms with Gasteiger partial charge in [0, 0.05) is 25.0 Å². The fourth-order valence-corrected chi connectivity index (χ4v) is 2.97. The Morgan fingerprint density at radius 1 is 1.40 bits per heavy atom. The molecule has 3 unspecified atom stereocenters. The summed E-state index contributed by atoms with van der Waals surface area (Å²) in [6.45, 7) is 5.73. The zero-order valence-corrected chi connectivity index (χ0v) is 12.6. The number of nitrogens with one attached hydrogen (secondary N) is 2. The molecule has 5 N–H and O–H groups in total. The summed E-state index contributed by atoms with van der Waals surface area (Å²) in [5.74, 6) is -0.481. The van der Waals surface area contributed by atoms with Crippen LogP contribution in [-0.2, 0) is 9.59 Å². The predicted octanol–water partition coefficient (Wildman–Crippen LogP) is 0.460. The van der Waals surface area contributed by atoms with Gasteiger partial charge in [-0.15, -0.1) is 0 Å². The first-order valence-corrected chi connectivity index (χ1v) is 7.40. The van der Waals surface area contributed by atoms with Crippen LogP contribution in [-0.4, -0.2) is 41.2 Å². The summed E-state index contributed by atoms with van der Waals surface area (Å²) in [5, 5.41) is 15.1. The topological polar surface area (TPSA) is 104 Å². The van der Waals surface area contributed by atoms with Gasteiger partial charge in [-0.25, -0.2) is 0 Å². The zero-order valence-electron chi connectivity index (χ0n) is 12.6. The van der Waals surface area contributed by atoms with Crippen molar-refractivity contribution in [2.24, 2.45) is 11.7 Å². The molecule has 1 amide bonds. The molecule has 4 atom stereocenters. The summed E-state index contributed by atoms with van der Waals surface area (Å²) in [4.78, 5) is 22.5. The minimum Gasteiger partial charge on any atom is -0.480 e. The van der Waals surface area contributed by atoms with Crippen LogP contribution in [0.4, 0.5) is 0 Å². The third-order valence-electron chi connectivity index (χ3n) is 4.22. The molecule has 1 aliphatic rings.